The maximum Gasteiger partial charge on any atom is 0.536 e. The van der Waals surface area contributed by atoms with Gasteiger partial charge in [-0.2, -0.15) is 0 Å². The number of carboxylic acid groups (broad SMARTS) is 1. The van der Waals surface area contributed by atoms with Crippen LogP contribution in [-0.2, 0) is 16.0 Å². The Labute approximate surface area is 165 Å². The SMILES string of the molecule is COc1ccc2c(c1C(=O)O)OB(O)[C@@H](SCC(=O)N1CC(CN)OC1=O)C2. The number of nitrogens with two attached hydrogens (primary N) is 1. The maximum atomic E-state index is 12.3. The Bertz CT molecular complexity index is 807. The van der Waals surface area contributed by atoms with E-state index < -0.39 is 36.3 Å². The van der Waals surface area contributed by atoms with Crippen LogP contribution in [0.5, 0.6) is 11.5 Å². The number of carbonyl (C=O) groups excluding carboxylic acids is 2. The number of imide groups is 1. The standard InChI is InChI=1S/C16H19BN2O8S/c1-25-10-3-2-8-4-11(17(24)27-14(8)13(10)15(21)22)28-7-12(20)19-6-9(5-18)26-16(19)23/h2-3,9,11,24H,4-7,18H2,1H3,(H,21,22)/t9?,11-/m0/s1. The summed E-state index contributed by atoms with van der Waals surface area (Å²) in [5, 5.41) is 19.2. The van der Waals surface area contributed by atoms with Crippen LogP contribution < -0.4 is 15.1 Å². The molecule has 2 amide bonds. The van der Waals surface area contributed by atoms with Gasteiger partial charge in [0.15, 0.2) is 0 Å². The molecule has 0 bridgehead atoms. The second-order valence-corrected chi connectivity index (χ2v) is 7.47. The molecule has 1 aromatic rings. The number of ether oxygens (including phenoxy) is 2. The van der Waals surface area contributed by atoms with Crippen molar-refractivity contribution in [2.24, 2.45) is 5.73 Å². The van der Waals surface area contributed by atoms with Crippen molar-refractivity contribution in [1.29, 1.82) is 0 Å². The van der Waals surface area contributed by atoms with Crippen molar-refractivity contribution in [1.82, 2.24) is 4.90 Å². The van der Waals surface area contributed by atoms with Crippen molar-refractivity contribution in [2.75, 3.05) is 26.0 Å². The van der Waals surface area contributed by atoms with Crippen LogP contribution in [0.2, 0.25) is 0 Å². The first kappa shape index (κ1) is 20.3. The molecule has 3 rings (SSSR count). The second kappa shape index (κ2) is 8.29. The zero-order chi connectivity index (χ0) is 20.4. The number of amides is 2. The predicted molar refractivity (Wildman–Crippen MR) is 99.5 cm³/mol. The molecule has 0 saturated carbocycles. The number of carboxylic acids is 1. The highest BCUT2D eigenvalue weighted by molar-refractivity contribution is 8.01. The van der Waals surface area contributed by atoms with E-state index in [0.717, 1.165) is 16.7 Å². The van der Waals surface area contributed by atoms with E-state index in [9.17, 15) is 24.5 Å². The van der Waals surface area contributed by atoms with Gasteiger partial charge < -0.3 is 30.0 Å². The Balaban J connectivity index is 1.68. The van der Waals surface area contributed by atoms with E-state index in [-0.39, 0.29) is 42.3 Å². The minimum absolute atomic E-state index is 0.0523. The maximum absolute atomic E-state index is 12.3. The van der Waals surface area contributed by atoms with E-state index in [2.05, 4.69) is 0 Å². The van der Waals surface area contributed by atoms with Crippen LogP contribution in [0.15, 0.2) is 12.1 Å². The lowest BCUT2D eigenvalue weighted by Crippen LogP contribution is -2.42. The lowest BCUT2D eigenvalue weighted by atomic mass is 9.77. The topological polar surface area (TPSA) is 149 Å². The normalized spacial score (nSPS) is 21.0. The number of cyclic esters (lactones) is 1. The average molecular weight is 410 g/mol. The van der Waals surface area contributed by atoms with E-state index in [4.69, 9.17) is 19.9 Å². The third-order valence-corrected chi connectivity index (χ3v) is 5.71. The number of carbonyl (C=O) groups is 3. The van der Waals surface area contributed by atoms with Gasteiger partial charge in [0, 0.05) is 6.54 Å². The van der Waals surface area contributed by atoms with E-state index in [1.165, 1.54) is 13.2 Å². The molecule has 10 nitrogen and oxygen atoms in total. The summed E-state index contributed by atoms with van der Waals surface area (Å²) in [6, 6.07) is 3.18. The summed E-state index contributed by atoms with van der Waals surface area (Å²) >= 11 is 1.12. The molecular weight excluding hydrogens is 391 g/mol. The van der Waals surface area contributed by atoms with Crippen molar-refractivity contribution >= 4 is 36.9 Å². The second-order valence-electron chi connectivity index (χ2n) is 6.24. The first-order valence-electron chi connectivity index (χ1n) is 8.46. The number of nitrogens with zero attached hydrogens (tertiary/aromatic N) is 1. The summed E-state index contributed by atoms with van der Waals surface area (Å²) in [5.74, 6) is -1.58. The molecule has 28 heavy (non-hydrogen) atoms. The summed E-state index contributed by atoms with van der Waals surface area (Å²) in [6.07, 6.45) is -0.958. The third kappa shape index (κ3) is 3.89. The Hall–Kier alpha value is -2.44. The van der Waals surface area contributed by atoms with Gasteiger partial charge in [-0.1, -0.05) is 6.07 Å². The number of hydrogen-bond donors (Lipinski definition) is 3. The number of aromatic carboxylic acids is 1. The van der Waals surface area contributed by atoms with Gasteiger partial charge in [0.05, 0.1) is 24.6 Å². The van der Waals surface area contributed by atoms with Crippen LogP contribution in [-0.4, -0.2) is 77.3 Å². The molecule has 1 fully saturated rings. The van der Waals surface area contributed by atoms with Gasteiger partial charge in [-0.05, 0) is 18.1 Å². The predicted octanol–water partition coefficient (Wildman–Crippen LogP) is -0.244. The molecule has 1 aromatic carbocycles. The fourth-order valence-corrected chi connectivity index (χ4v) is 4.07. The molecular formula is C16H19BN2O8S. The summed E-state index contributed by atoms with van der Waals surface area (Å²) in [6.45, 7) is 0.229. The Morgan fingerprint density at radius 2 is 2.21 bits per heavy atom. The summed E-state index contributed by atoms with van der Waals surface area (Å²) < 4.78 is 15.4. The van der Waals surface area contributed by atoms with Crippen LogP contribution in [0.25, 0.3) is 0 Å². The molecule has 0 aromatic heterocycles. The number of fused-ring (bicyclic) bond motifs is 1. The van der Waals surface area contributed by atoms with Gasteiger partial charge in [0.25, 0.3) is 0 Å². The highest BCUT2D eigenvalue weighted by atomic mass is 32.2. The fraction of sp³-hybridized carbons (Fsp3) is 0.438. The number of rotatable bonds is 6. The number of thioether (sulfide) groups is 1. The molecule has 4 N–H and O–H groups in total. The van der Waals surface area contributed by atoms with Gasteiger partial charge in [0.1, 0.15) is 23.2 Å². The zero-order valence-corrected chi connectivity index (χ0v) is 15.8. The molecule has 0 radical (unpaired) electrons. The molecule has 1 unspecified atom stereocenters. The van der Waals surface area contributed by atoms with Gasteiger partial charge in [-0.3, -0.25) is 4.79 Å². The lowest BCUT2D eigenvalue weighted by molar-refractivity contribution is -0.125. The molecule has 2 aliphatic heterocycles. The van der Waals surface area contributed by atoms with E-state index in [0.29, 0.717) is 5.56 Å². The molecule has 2 atom stereocenters. The van der Waals surface area contributed by atoms with Gasteiger partial charge in [-0.25, -0.2) is 14.5 Å². The van der Waals surface area contributed by atoms with Crippen molar-refractivity contribution in [3.63, 3.8) is 0 Å². The zero-order valence-electron chi connectivity index (χ0n) is 15.0. The molecule has 12 heteroatoms. The molecule has 150 valence electrons. The number of hydrogen-bond acceptors (Lipinski definition) is 9. The molecule has 2 heterocycles. The average Bonchev–Trinajstić information content (AvgIpc) is 3.05. The van der Waals surface area contributed by atoms with Crippen molar-refractivity contribution in [3.05, 3.63) is 23.3 Å². The number of methoxy groups -OCH3 is 1. The van der Waals surface area contributed by atoms with Gasteiger partial charge >= 0.3 is 19.2 Å². The molecule has 0 spiro atoms. The first-order chi connectivity index (χ1) is 13.3. The third-order valence-electron chi connectivity index (χ3n) is 4.47. The van der Waals surface area contributed by atoms with Crippen molar-refractivity contribution in [2.45, 2.75) is 17.7 Å². The molecule has 2 aliphatic rings. The monoisotopic (exact) mass is 410 g/mol. The minimum atomic E-state index is -1.32. The van der Waals surface area contributed by atoms with Crippen molar-refractivity contribution < 1.29 is 38.6 Å². The van der Waals surface area contributed by atoms with Crippen LogP contribution in [0.3, 0.4) is 0 Å². The Kier molecular flexibility index (Phi) is 6.01. The first-order valence-corrected chi connectivity index (χ1v) is 9.51. The highest BCUT2D eigenvalue weighted by Gasteiger charge is 2.40. The van der Waals surface area contributed by atoms with Crippen molar-refractivity contribution in [3.8, 4) is 11.5 Å². The van der Waals surface area contributed by atoms with Crippen LogP contribution >= 0.6 is 11.8 Å². The lowest BCUT2D eigenvalue weighted by Gasteiger charge is -2.28. The van der Waals surface area contributed by atoms with E-state index in [1.54, 1.807) is 6.07 Å². The Morgan fingerprint density at radius 3 is 2.82 bits per heavy atom. The minimum Gasteiger partial charge on any atom is -0.534 e. The van der Waals surface area contributed by atoms with Gasteiger partial charge in [-0.15, -0.1) is 11.8 Å². The van der Waals surface area contributed by atoms with Gasteiger partial charge in [0.2, 0.25) is 5.91 Å². The number of benzene rings is 1. The summed E-state index contributed by atoms with van der Waals surface area (Å²) in [5.41, 5.74) is 5.87. The summed E-state index contributed by atoms with van der Waals surface area (Å²) in [7, 11) is 0.0221. The van der Waals surface area contributed by atoms with Crippen LogP contribution in [0.1, 0.15) is 15.9 Å². The van der Waals surface area contributed by atoms with Crippen LogP contribution in [0, 0.1) is 0 Å². The van der Waals surface area contributed by atoms with Crippen LogP contribution in [0.4, 0.5) is 4.79 Å². The van der Waals surface area contributed by atoms with E-state index >= 15 is 0 Å². The Morgan fingerprint density at radius 1 is 1.46 bits per heavy atom. The van der Waals surface area contributed by atoms with E-state index in [1.807, 2.05) is 0 Å². The fourth-order valence-electron chi connectivity index (χ4n) is 3.04. The smallest absolute Gasteiger partial charge is 0.534 e. The molecule has 0 aliphatic carbocycles. The summed E-state index contributed by atoms with van der Waals surface area (Å²) in [4.78, 5) is 36.5. The molecule has 1 saturated heterocycles. The quantitative estimate of drug-likeness (QED) is 0.536. The largest absolute Gasteiger partial charge is 0.536 e. The highest BCUT2D eigenvalue weighted by Crippen LogP contribution is 2.38.